The summed E-state index contributed by atoms with van der Waals surface area (Å²) in [5.74, 6) is 0.281. The van der Waals surface area contributed by atoms with Crippen molar-refractivity contribution in [3.05, 3.63) is 45.8 Å². The minimum Gasteiger partial charge on any atom is -0.462 e. The first kappa shape index (κ1) is 20.9. The van der Waals surface area contributed by atoms with Crippen LogP contribution in [-0.2, 0) is 22.5 Å². The Bertz CT molecular complexity index is 846. The third-order valence-corrected chi connectivity index (χ3v) is 6.75. The molecule has 150 valence electrons. The zero-order valence-corrected chi connectivity index (χ0v) is 18.2. The molecule has 3 rings (SSSR count). The lowest BCUT2D eigenvalue weighted by atomic mass is 10.0. The number of nitrogens with one attached hydrogen (secondary N) is 1. The van der Waals surface area contributed by atoms with Crippen molar-refractivity contribution in [1.82, 2.24) is 4.90 Å². The molecule has 7 heteroatoms. The third-order valence-electron chi connectivity index (χ3n) is 4.60. The quantitative estimate of drug-likeness (QED) is 0.535. The predicted molar refractivity (Wildman–Crippen MR) is 115 cm³/mol. The highest BCUT2D eigenvalue weighted by Gasteiger charge is 2.28. The van der Waals surface area contributed by atoms with Gasteiger partial charge in [0.25, 0.3) is 0 Å². The zero-order valence-electron chi connectivity index (χ0n) is 16.5. The Morgan fingerprint density at radius 2 is 2.04 bits per heavy atom. The standard InChI is InChI=1S/C21H26N2O3S2/c1-4-26-21(25)19-16-9-11-23(3)13-17(16)28-20(19)22-18(24)10-12-27-15-7-5-14(2)6-8-15/h5-8H,4,9-13H2,1-3H3,(H,22,24). The summed E-state index contributed by atoms with van der Waals surface area (Å²) in [6.07, 6.45) is 1.19. The van der Waals surface area contributed by atoms with Crippen LogP contribution in [0.5, 0.6) is 0 Å². The second kappa shape index (κ2) is 9.58. The number of esters is 1. The summed E-state index contributed by atoms with van der Waals surface area (Å²) < 4.78 is 5.25. The lowest BCUT2D eigenvalue weighted by Crippen LogP contribution is -2.26. The number of aryl methyl sites for hydroxylation is 1. The summed E-state index contributed by atoms with van der Waals surface area (Å²) in [6.45, 7) is 5.87. The molecule has 1 amide bonds. The normalized spacial score (nSPS) is 13.8. The lowest BCUT2D eigenvalue weighted by Gasteiger charge is -2.22. The Balaban J connectivity index is 1.66. The highest BCUT2D eigenvalue weighted by atomic mass is 32.2. The van der Waals surface area contributed by atoms with Crippen LogP contribution in [0.1, 0.15) is 39.7 Å². The Labute approximate surface area is 174 Å². The SMILES string of the molecule is CCOC(=O)c1c(NC(=O)CCSc2ccc(C)cc2)sc2c1CCN(C)C2. The average Bonchev–Trinajstić information content (AvgIpc) is 3.00. The summed E-state index contributed by atoms with van der Waals surface area (Å²) >= 11 is 3.16. The molecular weight excluding hydrogens is 392 g/mol. The van der Waals surface area contributed by atoms with E-state index in [2.05, 4.69) is 48.5 Å². The number of ether oxygens (including phenoxy) is 1. The molecule has 28 heavy (non-hydrogen) atoms. The number of hydrogen-bond donors (Lipinski definition) is 1. The summed E-state index contributed by atoms with van der Waals surface area (Å²) in [7, 11) is 2.06. The van der Waals surface area contributed by atoms with Gasteiger partial charge in [-0.05, 0) is 45.0 Å². The van der Waals surface area contributed by atoms with Crippen LogP contribution < -0.4 is 5.32 Å². The van der Waals surface area contributed by atoms with Crippen molar-refractivity contribution >= 4 is 40.0 Å². The first-order valence-corrected chi connectivity index (χ1v) is 11.3. The number of thioether (sulfide) groups is 1. The van der Waals surface area contributed by atoms with E-state index in [1.54, 1.807) is 18.7 Å². The number of thiophene rings is 1. The van der Waals surface area contributed by atoms with Crippen molar-refractivity contribution in [2.24, 2.45) is 0 Å². The molecule has 1 aliphatic rings. The van der Waals surface area contributed by atoms with E-state index in [9.17, 15) is 9.59 Å². The second-order valence-corrected chi connectivity index (χ2v) is 9.15. The number of hydrogen-bond acceptors (Lipinski definition) is 6. The maximum atomic E-state index is 12.5. The number of anilines is 1. The van der Waals surface area contributed by atoms with Crippen LogP contribution >= 0.6 is 23.1 Å². The molecular formula is C21H26N2O3S2. The molecule has 1 N–H and O–H groups in total. The number of benzene rings is 1. The van der Waals surface area contributed by atoms with Crippen molar-refractivity contribution in [2.75, 3.05) is 31.3 Å². The number of nitrogens with zero attached hydrogens (tertiary/aromatic N) is 1. The monoisotopic (exact) mass is 418 g/mol. The van der Waals surface area contributed by atoms with Crippen LogP contribution in [0.15, 0.2) is 29.2 Å². The molecule has 0 bridgehead atoms. The van der Waals surface area contributed by atoms with E-state index in [0.717, 1.165) is 34.8 Å². The topological polar surface area (TPSA) is 58.6 Å². The number of rotatable bonds is 7. The van der Waals surface area contributed by atoms with Gasteiger partial charge in [0.1, 0.15) is 5.00 Å². The van der Waals surface area contributed by atoms with Crippen LogP contribution in [0.3, 0.4) is 0 Å². The van der Waals surface area contributed by atoms with E-state index in [0.29, 0.717) is 29.3 Å². The number of likely N-dealkylation sites (N-methyl/N-ethyl adjacent to an activating group) is 1. The fourth-order valence-corrected chi connectivity index (χ4v) is 5.31. The van der Waals surface area contributed by atoms with E-state index in [1.165, 1.54) is 16.9 Å². The summed E-state index contributed by atoms with van der Waals surface area (Å²) in [5, 5.41) is 3.59. The Hall–Kier alpha value is -1.83. The molecule has 0 saturated heterocycles. The molecule has 0 fully saturated rings. The van der Waals surface area contributed by atoms with Crippen LogP contribution in [0.4, 0.5) is 5.00 Å². The molecule has 2 heterocycles. The third kappa shape index (κ3) is 5.16. The molecule has 0 aliphatic carbocycles. The number of fused-ring (bicyclic) bond motifs is 1. The van der Waals surface area contributed by atoms with Crippen molar-refractivity contribution in [2.45, 2.75) is 38.1 Å². The van der Waals surface area contributed by atoms with E-state index in [1.807, 2.05) is 0 Å². The Morgan fingerprint density at radius 1 is 1.29 bits per heavy atom. The summed E-state index contributed by atoms with van der Waals surface area (Å²) in [5.41, 5.74) is 2.81. The number of carbonyl (C=O) groups excluding carboxylic acids is 2. The van der Waals surface area contributed by atoms with E-state index >= 15 is 0 Å². The maximum absolute atomic E-state index is 12.5. The predicted octanol–water partition coefficient (Wildman–Crippen LogP) is 4.34. The van der Waals surface area contributed by atoms with Gasteiger partial charge in [-0.2, -0.15) is 0 Å². The van der Waals surface area contributed by atoms with Gasteiger partial charge in [-0.3, -0.25) is 4.79 Å². The van der Waals surface area contributed by atoms with E-state index < -0.39 is 0 Å². The van der Waals surface area contributed by atoms with Gasteiger partial charge in [-0.15, -0.1) is 23.1 Å². The van der Waals surface area contributed by atoms with Crippen LogP contribution in [0.2, 0.25) is 0 Å². The molecule has 2 aromatic rings. The van der Waals surface area contributed by atoms with Crippen molar-refractivity contribution < 1.29 is 14.3 Å². The minimum atomic E-state index is -0.339. The highest BCUT2D eigenvalue weighted by Crippen LogP contribution is 2.37. The van der Waals surface area contributed by atoms with Crippen molar-refractivity contribution in [1.29, 1.82) is 0 Å². The van der Waals surface area contributed by atoms with Gasteiger partial charge >= 0.3 is 5.97 Å². The largest absolute Gasteiger partial charge is 0.462 e. The highest BCUT2D eigenvalue weighted by molar-refractivity contribution is 7.99. The van der Waals surface area contributed by atoms with Crippen molar-refractivity contribution in [3.63, 3.8) is 0 Å². The molecule has 1 aromatic carbocycles. The smallest absolute Gasteiger partial charge is 0.341 e. The molecule has 0 saturated carbocycles. The minimum absolute atomic E-state index is 0.0721. The van der Waals surface area contributed by atoms with Gasteiger partial charge in [0.2, 0.25) is 5.91 Å². The Kier molecular flexibility index (Phi) is 7.15. The molecule has 5 nitrogen and oxygen atoms in total. The molecule has 0 unspecified atom stereocenters. The van der Waals surface area contributed by atoms with Gasteiger partial charge in [0, 0.05) is 35.0 Å². The van der Waals surface area contributed by atoms with E-state index in [4.69, 9.17) is 4.74 Å². The van der Waals surface area contributed by atoms with Gasteiger partial charge in [0.05, 0.1) is 12.2 Å². The lowest BCUT2D eigenvalue weighted by molar-refractivity contribution is -0.115. The van der Waals surface area contributed by atoms with Gasteiger partial charge < -0.3 is 15.0 Å². The van der Waals surface area contributed by atoms with Crippen LogP contribution in [0.25, 0.3) is 0 Å². The van der Waals surface area contributed by atoms with Gasteiger partial charge in [0.15, 0.2) is 0 Å². The van der Waals surface area contributed by atoms with Gasteiger partial charge in [-0.25, -0.2) is 4.79 Å². The van der Waals surface area contributed by atoms with Crippen LogP contribution in [-0.4, -0.2) is 42.7 Å². The number of amides is 1. The zero-order chi connectivity index (χ0) is 20.1. The first-order valence-electron chi connectivity index (χ1n) is 9.47. The fourth-order valence-electron chi connectivity index (χ4n) is 3.12. The fraction of sp³-hybridized carbons (Fsp3) is 0.429. The molecule has 1 aliphatic heterocycles. The van der Waals surface area contributed by atoms with Crippen molar-refractivity contribution in [3.8, 4) is 0 Å². The average molecular weight is 419 g/mol. The maximum Gasteiger partial charge on any atom is 0.341 e. The summed E-state index contributed by atoms with van der Waals surface area (Å²) in [4.78, 5) is 29.5. The van der Waals surface area contributed by atoms with E-state index in [-0.39, 0.29) is 11.9 Å². The van der Waals surface area contributed by atoms with Gasteiger partial charge in [-0.1, -0.05) is 17.7 Å². The number of carbonyl (C=O) groups is 2. The molecule has 0 spiro atoms. The Morgan fingerprint density at radius 3 is 2.75 bits per heavy atom. The summed E-state index contributed by atoms with van der Waals surface area (Å²) in [6, 6.07) is 8.28. The van der Waals surface area contributed by atoms with Crippen LogP contribution in [0, 0.1) is 6.92 Å². The molecule has 1 aromatic heterocycles. The molecule has 0 atom stereocenters. The molecule has 0 radical (unpaired) electrons. The second-order valence-electron chi connectivity index (χ2n) is 6.88. The first-order chi connectivity index (χ1) is 13.5.